The number of aryl methyl sites for hydroxylation is 1. The number of nitrogens with zero attached hydrogens (tertiary/aromatic N) is 2. The lowest BCUT2D eigenvalue weighted by Gasteiger charge is -2.07. The summed E-state index contributed by atoms with van der Waals surface area (Å²) in [6.07, 6.45) is 0. The predicted octanol–water partition coefficient (Wildman–Crippen LogP) is 2.01. The van der Waals surface area contributed by atoms with Crippen molar-refractivity contribution in [2.75, 3.05) is 26.9 Å². The minimum Gasteiger partial charge on any atom is -0.382 e. The Labute approximate surface area is 101 Å². The van der Waals surface area contributed by atoms with E-state index in [1.54, 1.807) is 7.11 Å². The summed E-state index contributed by atoms with van der Waals surface area (Å²) in [5, 5.41) is 0. The van der Waals surface area contributed by atoms with Crippen LogP contribution in [0.5, 0.6) is 0 Å². The number of methoxy groups -OCH3 is 1. The molecule has 0 atom stereocenters. The van der Waals surface area contributed by atoms with Gasteiger partial charge in [0.05, 0.1) is 30.9 Å². The molecule has 0 aliphatic carbocycles. The number of benzene rings is 1. The van der Waals surface area contributed by atoms with Crippen molar-refractivity contribution in [3.63, 3.8) is 0 Å². The molecule has 0 amide bonds. The summed E-state index contributed by atoms with van der Waals surface area (Å²) in [6, 6.07) is 8.16. The van der Waals surface area contributed by atoms with Gasteiger partial charge in [0.2, 0.25) is 0 Å². The molecule has 0 radical (unpaired) electrons. The smallest absolute Gasteiger partial charge is 0.106 e. The Balaban J connectivity index is 2.00. The first-order valence-electron chi connectivity index (χ1n) is 5.81. The third-order valence-corrected chi connectivity index (χ3v) is 2.74. The van der Waals surface area contributed by atoms with Gasteiger partial charge >= 0.3 is 0 Å². The van der Waals surface area contributed by atoms with E-state index >= 15 is 0 Å². The Kier molecular flexibility index (Phi) is 4.12. The number of rotatable bonds is 6. The van der Waals surface area contributed by atoms with Crippen LogP contribution in [0.2, 0.25) is 0 Å². The van der Waals surface area contributed by atoms with Gasteiger partial charge in [0.25, 0.3) is 0 Å². The van der Waals surface area contributed by atoms with Gasteiger partial charge in [0, 0.05) is 13.7 Å². The highest BCUT2D eigenvalue weighted by atomic mass is 16.5. The highest BCUT2D eigenvalue weighted by molar-refractivity contribution is 5.75. The minimum absolute atomic E-state index is 0.641. The summed E-state index contributed by atoms with van der Waals surface area (Å²) in [5.74, 6) is 1.03. The predicted molar refractivity (Wildman–Crippen MR) is 67.2 cm³/mol. The topological polar surface area (TPSA) is 36.3 Å². The zero-order chi connectivity index (χ0) is 12.1. The average molecular weight is 234 g/mol. The molecule has 0 fully saturated rings. The second-order valence-electron chi connectivity index (χ2n) is 3.90. The van der Waals surface area contributed by atoms with E-state index < -0.39 is 0 Å². The molecule has 0 unspecified atom stereocenters. The Hall–Kier alpha value is -1.39. The first-order chi connectivity index (χ1) is 8.33. The molecule has 0 aliphatic heterocycles. The largest absolute Gasteiger partial charge is 0.382 e. The van der Waals surface area contributed by atoms with Crippen molar-refractivity contribution in [3.05, 3.63) is 30.1 Å². The molecule has 2 aromatic rings. The van der Waals surface area contributed by atoms with E-state index in [0.29, 0.717) is 19.8 Å². The Morgan fingerprint density at radius 1 is 1.18 bits per heavy atom. The summed E-state index contributed by atoms with van der Waals surface area (Å²) in [5.41, 5.74) is 2.21. The number of hydrogen-bond acceptors (Lipinski definition) is 3. The summed E-state index contributed by atoms with van der Waals surface area (Å²) in [6.45, 7) is 4.82. The van der Waals surface area contributed by atoms with E-state index in [9.17, 15) is 0 Å². The van der Waals surface area contributed by atoms with Crippen molar-refractivity contribution in [1.82, 2.24) is 9.55 Å². The van der Waals surface area contributed by atoms with Crippen molar-refractivity contribution in [1.29, 1.82) is 0 Å². The van der Waals surface area contributed by atoms with E-state index in [2.05, 4.69) is 15.6 Å². The number of para-hydroxylation sites is 2. The van der Waals surface area contributed by atoms with Gasteiger partial charge in [-0.1, -0.05) is 12.1 Å². The summed E-state index contributed by atoms with van der Waals surface area (Å²) >= 11 is 0. The van der Waals surface area contributed by atoms with Crippen LogP contribution in [-0.2, 0) is 16.0 Å². The van der Waals surface area contributed by atoms with Gasteiger partial charge in [-0.25, -0.2) is 4.98 Å². The van der Waals surface area contributed by atoms with Crippen LogP contribution in [0.25, 0.3) is 11.0 Å². The van der Waals surface area contributed by atoms with Gasteiger partial charge in [0.15, 0.2) is 0 Å². The lowest BCUT2D eigenvalue weighted by molar-refractivity contribution is 0.0668. The highest BCUT2D eigenvalue weighted by Crippen LogP contribution is 2.14. The number of hydrogen-bond donors (Lipinski definition) is 0. The second-order valence-corrected chi connectivity index (χ2v) is 3.90. The van der Waals surface area contributed by atoms with Crippen molar-refractivity contribution in [3.8, 4) is 0 Å². The molecule has 0 bridgehead atoms. The van der Waals surface area contributed by atoms with Gasteiger partial charge in [-0.2, -0.15) is 0 Å². The van der Waals surface area contributed by atoms with Gasteiger partial charge < -0.3 is 14.0 Å². The Morgan fingerprint density at radius 3 is 2.82 bits per heavy atom. The fraction of sp³-hybridized carbons (Fsp3) is 0.462. The van der Waals surface area contributed by atoms with Crippen LogP contribution in [0.1, 0.15) is 5.82 Å². The molecule has 4 nitrogen and oxygen atoms in total. The first-order valence-corrected chi connectivity index (χ1v) is 5.81. The fourth-order valence-electron chi connectivity index (χ4n) is 1.88. The van der Waals surface area contributed by atoms with Gasteiger partial charge in [-0.3, -0.25) is 0 Å². The highest BCUT2D eigenvalue weighted by Gasteiger charge is 2.05. The van der Waals surface area contributed by atoms with E-state index in [4.69, 9.17) is 9.47 Å². The van der Waals surface area contributed by atoms with Crippen molar-refractivity contribution in [2.24, 2.45) is 0 Å². The molecule has 1 heterocycles. The lowest BCUT2D eigenvalue weighted by atomic mass is 10.3. The normalized spacial score (nSPS) is 11.2. The van der Waals surface area contributed by atoms with Gasteiger partial charge in [0.1, 0.15) is 5.82 Å². The third-order valence-electron chi connectivity index (χ3n) is 2.74. The van der Waals surface area contributed by atoms with E-state index in [-0.39, 0.29) is 0 Å². The van der Waals surface area contributed by atoms with Gasteiger partial charge in [-0.15, -0.1) is 0 Å². The second kappa shape index (κ2) is 5.80. The molecular formula is C13H18N2O2. The minimum atomic E-state index is 0.641. The monoisotopic (exact) mass is 234 g/mol. The molecule has 92 valence electrons. The molecule has 17 heavy (non-hydrogen) atoms. The van der Waals surface area contributed by atoms with Crippen molar-refractivity contribution >= 4 is 11.0 Å². The van der Waals surface area contributed by atoms with Crippen LogP contribution in [0.3, 0.4) is 0 Å². The Morgan fingerprint density at radius 2 is 2.00 bits per heavy atom. The molecule has 1 aromatic heterocycles. The van der Waals surface area contributed by atoms with Crippen LogP contribution in [0.15, 0.2) is 24.3 Å². The maximum Gasteiger partial charge on any atom is 0.106 e. The van der Waals surface area contributed by atoms with Crippen LogP contribution >= 0.6 is 0 Å². The van der Waals surface area contributed by atoms with E-state index in [0.717, 1.165) is 17.9 Å². The van der Waals surface area contributed by atoms with Crippen LogP contribution < -0.4 is 0 Å². The van der Waals surface area contributed by atoms with E-state index in [1.165, 1.54) is 5.52 Å². The molecule has 0 N–H and O–H groups in total. The molecular weight excluding hydrogens is 216 g/mol. The quantitative estimate of drug-likeness (QED) is 0.717. The number of ether oxygens (including phenoxy) is 2. The lowest BCUT2D eigenvalue weighted by Crippen LogP contribution is -2.10. The molecule has 4 heteroatoms. The molecule has 1 aromatic carbocycles. The fourth-order valence-corrected chi connectivity index (χ4v) is 1.88. The van der Waals surface area contributed by atoms with Crippen molar-refractivity contribution < 1.29 is 9.47 Å². The summed E-state index contributed by atoms with van der Waals surface area (Å²) in [4.78, 5) is 4.51. The Bertz CT molecular complexity index is 479. The summed E-state index contributed by atoms with van der Waals surface area (Å²) in [7, 11) is 1.68. The van der Waals surface area contributed by atoms with Crippen LogP contribution in [0, 0.1) is 6.92 Å². The first kappa shape index (κ1) is 12.1. The van der Waals surface area contributed by atoms with Gasteiger partial charge in [-0.05, 0) is 19.1 Å². The maximum atomic E-state index is 5.48. The van der Waals surface area contributed by atoms with Crippen LogP contribution in [-0.4, -0.2) is 36.5 Å². The molecule has 0 aliphatic rings. The summed E-state index contributed by atoms with van der Waals surface area (Å²) < 4.78 is 12.6. The molecule has 2 rings (SSSR count). The standard InChI is InChI=1S/C13H18N2O2/c1-11-14-12-5-3-4-6-13(12)15(11)7-8-17-10-9-16-2/h3-6H,7-10H2,1-2H3. The third kappa shape index (κ3) is 2.84. The SMILES string of the molecule is COCCOCCn1c(C)nc2ccccc21. The average Bonchev–Trinajstić information content (AvgIpc) is 2.65. The zero-order valence-electron chi connectivity index (χ0n) is 10.3. The number of fused-ring (bicyclic) bond motifs is 1. The van der Waals surface area contributed by atoms with Crippen molar-refractivity contribution in [2.45, 2.75) is 13.5 Å². The molecule has 0 saturated carbocycles. The zero-order valence-corrected chi connectivity index (χ0v) is 10.3. The van der Waals surface area contributed by atoms with Crippen LogP contribution in [0.4, 0.5) is 0 Å². The molecule has 0 spiro atoms. The number of aromatic nitrogens is 2. The molecule has 0 saturated heterocycles. The maximum absolute atomic E-state index is 5.48. The number of imidazole rings is 1. The van der Waals surface area contributed by atoms with E-state index in [1.807, 2.05) is 25.1 Å².